The van der Waals surface area contributed by atoms with Gasteiger partial charge in [-0.1, -0.05) is 52.2 Å². The Hall–Kier alpha value is -3.10. The summed E-state index contributed by atoms with van der Waals surface area (Å²) in [5.41, 5.74) is 4.99. The third-order valence-corrected chi connectivity index (χ3v) is 4.21. The highest BCUT2D eigenvalue weighted by Gasteiger charge is 2.24. The van der Waals surface area contributed by atoms with Crippen LogP contribution in [0.1, 0.15) is 55.2 Å². The van der Waals surface area contributed by atoms with Gasteiger partial charge in [0.05, 0.1) is 0 Å². The molecule has 0 aliphatic carbocycles. The van der Waals surface area contributed by atoms with E-state index < -0.39 is 11.9 Å². The summed E-state index contributed by atoms with van der Waals surface area (Å²) in [6, 6.07) is 14.1. The first-order valence-corrected chi connectivity index (χ1v) is 8.90. The molecule has 0 unspecified atom stereocenters. The second kappa shape index (κ2) is 10.9. The highest BCUT2D eigenvalue weighted by Crippen LogP contribution is 2.08. The molecule has 2 aromatic rings. The molecular formula is C23H28N2O3. The summed E-state index contributed by atoms with van der Waals surface area (Å²) in [4.78, 5) is 24.0. The summed E-state index contributed by atoms with van der Waals surface area (Å²) in [6.07, 6.45) is 0.995. The van der Waals surface area contributed by atoms with Gasteiger partial charge in [-0.2, -0.15) is 0 Å². The number of carbonyl (C=O) groups is 2. The van der Waals surface area contributed by atoms with Crippen LogP contribution in [0.4, 0.5) is 0 Å². The van der Waals surface area contributed by atoms with Crippen LogP contribution in [0.3, 0.4) is 0 Å². The van der Waals surface area contributed by atoms with E-state index in [1.54, 1.807) is 43.6 Å². The smallest absolute Gasteiger partial charge is 0.266 e. The summed E-state index contributed by atoms with van der Waals surface area (Å²) in [6.45, 7) is 5.68. The van der Waals surface area contributed by atoms with Crippen molar-refractivity contribution >= 4 is 11.8 Å². The van der Waals surface area contributed by atoms with E-state index in [4.69, 9.17) is 5.21 Å². The predicted molar refractivity (Wildman–Crippen MR) is 111 cm³/mol. The van der Waals surface area contributed by atoms with Gasteiger partial charge in [0, 0.05) is 16.7 Å². The van der Waals surface area contributed by atoms with Crippen molar-refractivity contribution in [3.05, 3.63) is 70.8 Å². The molecule has 0 fully saturated rings. The van der Waals surface area contributed by atoms with Gasteiger partial charge in [-0.15, -0.1) is 0 Å². The van der Waals surface area contributed by atoms with Crippen LogP contribution in [-0.4, -0.2) is 23.1 Å². The highest BCUT2D eigenvalue weighted by atomic mass is 16.5. The molecule has 0 aliphatic rings. The molecule has 2 amide bonds. The summed E-state index contributed by atoms with van der Waals surface area (Å²) >= 11 is 0. The fraction of sp³-hybridized carbons (Fsp3) is 0.304. The van der Waals surface area contributed by atoms with E-state index in [0.29, 0.717) is 5.56 Å². The summed E-state index contributed by atoms with van der Waals surface area (Å²) < 4.78 is 0. The fourth-order valence-electron chi connectivity index (χ4n) is 2.50. The lowest BCUT2D eigenvalue weighted by atomic mass is 10.0. The second-order valence-corrected chi connectivity index (χ2v) is 6.55. The Morgan fingerprint density at radius 1 is 0.964 bits per heavy atom. The van der Waals surface area contributed by atoms with Crippen molar-refractivity contribution in [2.75, 3.05) is 0 Å². The number of nitrogens with one attached hydrogen (secondary N) is 2. The van der Waals surface area contributed by atoms with Gasteiger partial charge in [-0.05, 0) is 54.3 Å². The zero-order chi connectivity index (χ0) is 19.8. The van der Waals surface area contributed by atoms with Crippen molar-refractivity contribution < 1.29 is 14.8 Å². The predicted octanol–water partition coefficient (Wildman–Crippen LogP) is 3.54. The van der Waals surface area contributed by atoms with Crippen LogP contribution in [-0.2, 0) is 11.2 Å². The molecule has 0 saturated heterocycles. The molecule has 2 aromatic carbocycles. The van der Waals surface area contributed by atoms with Gasteiger partial charge in [0.15, 0.2) is 0 Å². The maximum atomic E-state index is 12.3. The number of rotatable bonds is 5. The lowest BCUT2D eigenvalue weighted by molar-refractivity contribution is -0.132. The van der Waals surface area contributed by atoms with Crippen molar-refractivity contribution in [1.82, 2.24) is 10.8 Å². The van der Waals surface area contributed by atoms with Crippen molar-refractivity contribution in [3.8, 4) is 11.8 Å². The molecular weight excluding hydrogens is 352 g/mol. The van der Waals surface area contributed by atoms with Crippen LogP contribution in [0.25, 0.3) is 0 Å². The van der Waals surface area contributed by atoms with Crippen molar-refractivity contribution in [1.29, 1.82) is 0 Å². The van der Waals surface area contributed by atoms with Crippen LogP contribution in [0.2, 0.25) is 0 Å². The maximum absolute atomic E-state index is 12.3. The Bertz CT molecular complexity index is 844. The first-order chi connectivity index (χ1) is 12.9. The molecule has 1 atom stereocenters. The number of carbonyl (C=O) groups excluding carboxylic acids is 2. The number of amides is 2. The minimum atomic E-state index is -0.812. The van der Waals surface area contributed by atoms with Gasteiger partial charge in [0.25, 0.3) is 11.8 Å². The fourth-order valence-corrected chi connectivity index (χ4v) is 2.50. The van der Waals surface area contributed by atoms with Gasteiger partial charge in [-0.25, -0.2) is 5.48 Å². The number of hydrogen-bond acceptors (Lipinski definition) is 3. The molecule has 2 rings (SSSR count). The lowest BCUT2D eigenvalue weighted by Crippen LogP contribution is -2.48. The number of benzene rings is 2. The third-order valence-electron chi connectivity index (χ3n) is 4.21. The molecule has 0 heterocycles. The van der Waals surface area contributed by atoms with Gasteiger partial charge in [0.1, 0.15) is 6.04 Å². The molecule has 0 aliphatic heterocycles. The van der Waals surface area contributed by atoms with Gasteiger partial charge < -0.3 is 5.32 Å². The van der Waals surface area contributed by atoms with E-state index >= 15 is 0 Å². The zero-order valence-electron chi connectivity index (χ0n) is 15.7. The highest BCUT2D eigenvalue weighted by molar-refractivity contribution is 5.97. The molecule has 28 heavy (non-hydrogen) atoms. The van der Waals surface area contributed by atoms with Crippen LogP contribution in [0.15, 0.2) is 48.5 Å². The van der Waals surface area contributed by atoms with Gasteiger partial charge in [0.2, 0.25) is 0 Å². The van der Waals surface area contributed by atoms with E-state index in [9.17, 15) is 9.59 Å². The lowest BCUT2D eigenvalue weighted by Gasteiger charge is -2.20. The summed E-state index contributed by atoms with van der Waals surface area (Å²) in [5, 5.41) is 11.4. The van der Waals surface area contributed by atoms with E-state index in [-0.39, 0.29) is 19.3 Å². The average Bonchev–Trinajstić information content (AvgIpc) is 2.70. The molecule has 0 aromatic heterocycles. The molecule has 0 spiro atoms. The Morgan fingerprint density at radius 3 is 1.89 bits per heavy atom. The van der Waals surface area contributed by atoms with E-state index in [1.165, 1.54) is 5.56 Å². The van der Waals surface area contributed by atoms with E-state index in [2.05, 4.69) is 36.2 Å². The SMILES string of the molecule is C.CCc1ccc(C#Cc2ccc(C(=O)N[C@H](C(=O)NO)C(C)C)cc2)cc1. The Morgan fingerprint density at radius 2 is 1.46 bits per heavy atom. The molecule has 3 N–H and O–H groups in total. The molecule has 0 radical (unpaired) electrons. The normalized spacial score (nSPS) is 10.9. The minimum Gasteiger partial charge on any atom is -0.340 e. The molecule has 5 heteroatoms. The maximum Gasteiger partial charge on any atom is 0.266 e. The van der Waals surface area contributed by atoms with Crippen molar-refractivity contribution in [2.45, 2.75) is 40.7 Å². The minimum absolute atomic E-state index is 0. The third kappa shape index (κ3) is 6.26. The Balaban J connectivity index is 0.00000392. The summed E-state index contributed by atoms with van der Waals surface area (Å²) in [5.74, 6) is 4.98. The van der Waals surface area contributed by atoms with E-state index in [0.717, 1.165) is 17.5 Å². The molecule has 5 nitrogen and oxygen atoms in total. The molecule has 0 saturated carbocycles. The van der Waals surface area contributed by atoms with E-state index in [1.807, 2.05) is 12.1 Å². The molecule has 148 valence electrons. The topological polar surface area (TPSA) is 78.4 Å². The summed E-state index contributed by atoms with van der Waals surface area (Å²) in [7, 11) is 0. The number of aryl methyl sites for hydroxylation is 1. The Kier molecular flexibility index (Phi) is 8.94. The average molecular weight is 380 g/mol. The van der Waals surface area contributed by atoms with Crippen molar-refractivity contribution in [3.63, 3.8) is 0 Å². The largest absolute Gasteiger partial charge is 0.340 e. The second-order valence-electron chi connectivity index (χ2n) is 6.55. The standard InChI is InChI=1S/C22H24N2O3.CH4/c1-4-16-5-7-17(8-6-16)9-10-18-11-13-19(14-12-18)21(25)23-20(15(2)3)22(26)24-27;/h5-8,11-15,20,27H,4H2,1-3H3,(H,23,25)(H,24,26);1H4/t20-;/m0./s1. The van der Waals surface area contributed by atoms with Crippen LogP contribution in [0, 0.1) is 17.8 Å². The first kappa shape index (κ1) is 22.9. The van der Waals surface area contributed by atoms with Crippen LogP contribution >= 0.6 is 0 Å². The number of hydroxylamine groups is 1. The zero-order valence-corrected chi connectivity index (χ0v) is 15.7. The number of hydrogen-bond donors (Lipinski definition) is 3. The van der Waals surface area contributed by atoms with Gasteiger partial charge >= 0.3 is 0 Å². The Labute approximate surface area is 167 Å². The monoisotopic (exact) mass is 380 g/mol. The van der Waals surface area contributed by atoms with Crippen LogP contribution < -0.4 is 10.8 Å². The van der Waals surface area contributed by atoms with Crippen molar-refractivity contribution in [2.24, 2.45) is 5.92 Å². The quantitative estimate of drug-likeness (QED) is 0.422. The van der Waals surface area contributed by atoms with Gasteiger partial charge in [-0.3, -0.25) is 14.8 Å². The first-order valence-electron chi connectivity index (χ1n) is 8.90. The molecule has 0 bridgehead atoms. The van der Waals surface area contributed by atoms with Crippen LogP contribution in [0.5, 0.6) is 0 Å².